The van der Waals surface area contributed by atoms with E-state index < -0.39 is 0 Å². The fraction of sp³-hybridized carbons (Fsp3) is 0.333. The summed E-state index contributed by atoms with van der Waals surface area (Å²) >= 11 is 0. The number of hydrogen-bond acceptors (Lipinski definition) is 5. The zero-order valence-corrected chi connectivity index (χ0v) is 12.4. The van der Waals surface area contributed by atoms with Crippen molar-refractivity contribution in [3.63, 3.8) is 0 Å². The van der Waals surface area contributed by atoms with Gasteiger partial charge in [0.25, 0.3) is 0 Å². The summed E-state index contributed by atoms with van der Waals surface area (Å²) in [5, 5.41) is 3.14. The SMILES string of the molecule is COc1nc(C(C)C)nc(NCc2ccc(F)cc2)c1N. The average Bonchev–Trinajstić information content (AvgIpc) is 2.47. The molecule has 0 saturated carbocycles. The second kappa shape index (κ2) is 6.39. The largest absolute Gasteiger partial charge is 0.479 e. The molecular formula is C15H19FN4O. The molecule has 6 heteroatoms. The fourth-order valence-corrected chi connectivity index (χ4v) is 1.80. The number of anilines is 2. The summed E-state index contributed by atoms with van der Waals surface area (Å²) in [6.45, 7) is 4.48. The molecule has 0 bridgehead atoms. The van der Waals surface area contributed by atoms with Gasteiger partial charge in [-0.1, -0.05) is 26.0 Å². The van der Waals surface area contributed by atoms with Crippen molar-refractivity contribution in [1.82, 2.24) is 9.97 Å². The Hall–Kier alpha value is -2.37. The molecule has 112 valence electrons. The number of ether oxygens (including phenoxy) is 1. The number of nitrogens with zero attached hydrogens (tertiary/aromatic N) is 2. The number of nitrogens with two attached hydrogens (primary N) is 1. The maximum atomic E-state index is 12.9. The van der Waals surface area contributed by atoms with Crippen LogP contribution >= 0.6 is 0 Å². The van der Waals surface area contributed by atoms with Crippen molar-refractivity contribution < 1.29 is 9.13 Å². The first-order valence-electron chi connectivity index (χ1n) is 6.71. The van der Waals surface area contributed by atoms with E-state index in [9.17, 15) is 4.39 Å². The van der Waals surface area contributed by atoms with E-state index in [0.717, 1.165) is 5.56 Å². The summed E-state index contributed by atoms with van der Waals surface area (Å²) in [6, 6.07) is 6.25. The Morgan fingerprint density at radius 1 is 1.24 bits per heavy atom. The molecule has 5 nitrogen and oxygen atoms in total. The second-order valence-corrected chi connectivity index (χ2v) is 4.99. The maximum Gasteiger partial charge on any atom is 0.242 e. The van der Waals surface area contributed by atoms with E-state index in [1.807, 2.05) is 13.8 Å². The van der Waals surface area contributed by atoms with Crippen molar-refractivity contribution in [2.45, 2.75) is 26.3 Å². The topological polar surface area (TPSA) is 73.1 Å². The van der Waals surface area contributed by atoms with Gasteiger partial charge < -0.3 is 15.8 Å². The van der Waals surface area contributed by atoms with Crippen molar-refractivity contribution in [1.29, 1.82) is 0 Å². The Kier molecular flexibility index (Phi) is 4.57. The van der Waals surface area contributed by atoms with Gasteiger partial charge in [0.05, 0.1) is 7.11 Å². The van der Waals surface area contributed by atoms with Gasteiger partial charge >= 0.3 is 0 Å². The normalized spacial score (nSPS) is 10.7. The molecule has 21 heavy (non-hydrogen) atoms. The quantitative estimate of drug-likeness (QED) is 0.885. The van der Waals surface area contributed by atoms with Crippen LogP contribution in [0.5, 0.6) is 5.88 Å². The third-order valence-corrected chi connectivity index (χ3v) is 3.01. The zero-order chi connectivity index (χ0) is 15.4. The number of halogens is 1. The first-order valence-corrected chi connectivity index (χ1v) is 6.71. The molecule has 1 heterocycles. The molecule has 1 aromatic carbocycles. The second-order valence-electron chi connectivity index (χ2n) is 4.99. The van der Waals surface area contributed by atoms with Crippen LogP contribution in [0.4, 0.5) is 15.9 Å². The molecule has 3 N–H and O–H groups in total. The lowest BCUT2D eigenvalue weighted by atomic mass is 10.2. The molecule has 0 unspecified atom stereocenters. The van der Waals surface area contributed by atoms with Gasteiger partial charge in [0.2, 0.25) is 5.88 Å². The predicted molar refractivity (Wildman–Crippen MR) is 80.8 cm³/mol. The molecule has 0 spiro atoms. The van der Waals surface area contributed by atoms with Gasteiger partial charge in [0.1, 0.15) is 17.3 Å². The highest BCUT2D eigenvalue weighted by Crippen LogP contribution is 2.28. The third-order valence-electron chi connectivity index (χ3n) is 3.01. The first kappa shape index (κ1) is 15.0. The Morgan fingerprint density at radius 2 is 1.90 bits per heavy atom. The molecule has 0 aliphatic heterocycles. The summed E-state index contributed by atoms with van der Waals surface area (Å²) in [5.41, 5.74) is 7.27. The number of nitrogens with one attached hydrogen (secondary N) is 1. The monoisotopic (exact) mass is 290 g/mol. The molecule has 0 aliphatic carbocycles. The Labute approximate surface area is 123 Å². The number of hydrogen-bond donors (Lipinski definition) is 2. The van der Waals surface area contributed by atoms with Gasteiger partial charge in [0.15, 0.2) is 5.82 Å². The van der Waals surface area contributed by atoms with Crippen LogP contribution in [-0.4, -0.2) is 17.1 Å². The number of benzene rings is 1. The summed E-state index contributed by atoms with van der Waals surface area (Å²) in [7, 11) is 1.52. The van der Waals surface area contributed by atoms with Gasteiger partial charge in [-0.05, 0) is 17.7 Å². The molecule has 0 radical (unpaired) electrons. The van der Waals surface area contributed by atoms with Crippen molar-refractivity contribution in [2.75, 3.05) is 18.2 Å². The third kappa shape index (κ3) is 3.59. The van der Waals surface area contributed by atoms with E-state index in [1.165, 1.54) is 19.2 Å². The van der Waals surface area contributed by atoms with Crippen LogP contribution in [0.25, 0.3) is 0 Å². The highest BCUT2D eigenvalue weighted by molar-refractivity contribution is 5.67. The minimum Gasteiger partial charge on any atom is -0.479 e. The van der Waals surface area contributed by atoms with E-state index >= 15 is 0 Å². The highest BCUT2D eigenvalue weighted by atomic mass is 19.1. The molecule has 0 aliphatic rings. The van der Waals surface area contributed by atoms with E-state index in [4.69, 9.17) is 10.5 Å². The average molecular weight is 290 g/mol. The smallest absolute Gasteiger partial charge is 0.242 e. The lowest BCUT2D eigenvalue weighted by Crippen LogP contribution is -2.10. The van der Waals surface area contributed by atoms with Gasteiger partial charge in [-0.25, -0.2) is 9.37 Å². The summed E-state index contributed by atoms with van der Waals surface area (Å²) in [4.78, 5) is 8.68. The van der Waals surface area contributed by atoms with Crippen LogP contribution in [0.15, 0.2) is 24.3 Å². The summed E-state index contributed by atoms with van der Waals surface area (Å²) in [6.07, 6.45) is 0. The van der Waals surface area contributed by atoms with E-state index in [-0.39, 0.29) is 11.7 Å². The number of aromatic nitrogens is 2. The minimum atomic E-state index is -0.260. The molecule has 0 saturated heterocycles. The van der Waals surface area contributed by atoms with Crippen LogP contribution in [0.2, 0.25) is 0 Å². The number of rotatable bonds is 5. The molecule has 0 amide bonds. The van der Waals surface area contributed by atoms with Crippen molar-refractivity contribution in [3.8, 4) is 5.88 Å². The van der Waals surface area contributed by atoms with Crippen LogP contribution < -0.4 is 15.8 Å². The zero-order valence-electron chi connectivity index (χ0n) is 12.4. The van der Waals surface area contributed by atoms with Gasteiger partial charge in [-0.2, -0.15) is 4.98 Å². The Bertz CT molecular complexity index is 614. The summed E-state index contributed by atoms with van der Waals surface area (Å²) in [5.74, 6) is 1.43. The molecule has 1 aromatic heterocycles. The van der Waals surface area contributed by atoms with Crippen LogP contribution in [-0.2, 0) is 6.54 Å². The Balaban J connectivity index is 2.22. The maximum absolute atomic E-state index is 12.9. The lowest BCUT2D eigenvalue weighted by Gasteiger charge is -2.14. The fourth-order valence-electron chi connectivity index (χ4n) is 1.80. The molecular weight excluding hydrogens is 271 g/mol. The molecule has 2 aromatic rings. The van der Waals surface area contributed by atoms with Crippen LogP contribution in [0.3, 0.4) is 0 Å². The predicted octanol–water partition coefficient (Wildman–Crippen LogP) is 2.94. The van der Waals surface area contributed by atoms with Crippen molar-refractivity contribution in [2.24, 2.45) is 0 Å². The van der Waals surface area contributed by atoms with Crippen molar-refractivity contribution >= 4 is 11.5 Å². The lowest BCUT2D eigenvalue weighted by molar-refractivity contribution is 0.396. The van der Waals surface area contributed by atoms with Crippen molar-refractivity contribution in [3.05, 3.63) is 41.5 Å². The van der Waals surface area contributed by atoms with Crippen LogP contribution in [0.1, 0.15) is 31.2 Å². The molecule has 2 rings (SSSR count). The minimum absolute atomic E-state index is 0.158. The Morgan fingerprint density at radius 3 is 2.48 bits per heavy atom. The standard InChI is InChI=1S/C15H19FN4O/c1-9(2)13-19-14(12(17)15(20-13)21-3)18-8-10-4-6-11(16)7-5-10/h4-7,9H,8,17H2,1-3H3,(H,18,19,20). The van der Waals surface area contributed by atoms with E-state index in [1.54, 1.807) is 12.1 Å². The summed E-state index contributed by atoms with van der Waals surface area (Å²) < 4.78 is 18.1. The highest BCUT2D eigenvalue weighted by Gasteiger charge is 2.14. The van der Waals surface area contributed by atoms with Gasteiger partial charge in [0, 0.05) is 12.5 Å². The van der Waals surface area contributed by atoms with Gasteiger partial charge in [-0.3, -0.25) is 0 Å². The van der Waals surface area contributed by atoms with Crippen LogP contribution in [0, 0.1) is 5.82 Å². The first-order chi connectivity index (χ1) is 10.0. The number of nitrogen functional groups attached to an aromatic ring is 1. The van der Waals surface area contributed by atoms with Gasteiger partial charge in [-0.15, -0.1) is 0 Å². The van der Waals surface area contributed by atoms with E-state index in [0.29, 0.717) is 29.8 Å². The molecule has 0 fully saturated rings. The number of methoxy groups -OCH3 is 1. The molecule has 0 atom stereocenters. The van der Waals surface area contributed by atoms with E-state index in [2.05, 4.69) is 15.3 Å².